The topological polar surface area (TPSA) is 65.5 Å². The zero-order valence-electron chi connectivity index (χ0n) is 8.90. The summed E-state index contributed by atoms with van der Waals surface area (Å²) in [4.78, 5) is 16.6. The Morgan fingerprint density at radius 3 is 2.93 bits per heavy atom. The second-order valence-electron chi connectivity index (χ2n) is 3.21. The average molecular weight is 209 g/mol. The van der Waals surface area contributed by atoms with Gasteiger partial charge in [-0.1, -0.05) is 6.07 Å². The number of carboxylic acid groups (broad SMARTS) is 1. The molecular formula is C10H15N3O2. The first-order chi connectivity index (χ1) is 7.15. The van der Waals surface area contributed by atoms with E-state index in [9.17, 15) is 4.79 Å². The molecule has 82 valence electrons. The largest absolute Gasteiger partial charge is 0.477 e. The highest BCUT2D eigenvalue weighted by molar-refractivity contribution is 5.85. The minimum Gasteiger partial charge on any atom is -0.477 e. The Labute approximate surface area is 88.7 Å². The molecule has 0 aliphatic carbocycles. The first-order valence-electron chi connectivity index (χ1n) is 4.71. The Kier molecular flexibility index (Phi) is 4.05. The van der Waals surface area contributed by atoms with Gasteiger partial charge in [0, 0.05) is 20.1 Å². The fraction of sp³-hybridized carbons (Fsp3) is 0.400. The minimum absolute atomic E-state index is 0.0730. The third-order valence-corrected chi connectivity index (χ3v) is 2.04. The van der Waals surface area contributed by atoms with Crippen molar-refractivity contribution in [2.45, 2.75) is 0 Å². The lowest BCUT2D eigenvalue weighted by atomic mass is 10.3. The van der Waals surface area contributed by atoms with E-state index in [-0.39, 0.29) is 5.69 Å². The van der Waals surface area contributed by atoms with Crippen molar-refractivity contribution < 1.29 is 9.90 Å². The van der Waals surface area contributed by atoms with Crippen LogP contribution >= 0.6 is 0 Å². The molecule has 0 aromatic carbocycles. The maximum absolute atomic E-state index is 10.7. The first kappa shape index (κ1) is 11.5. The van der Waals surface area contributed by atoms with Gasteiger partial charge in [-0.3, -0.25) is 0 Å². The Morgan fingerprint density at radius 1 is 1.60 bits per heavy atom. The highest BCUT2D eigenvalue weighted by Gasteiger charge is 2.07. The van der Waals surface area contributed by atoms with Gasteiger partial charge in [-0.2, -0.15) is 0 Å². The lowest BCUT2D eigenvalue weighted by molar-refractivity contribution is 0.0690. The van der Waals surface area contributed by atoms with Crippen LogP contribution in [0.2, 0.25) is 0 Å². The van der Waals surface area contributed by atoms with Crippen molar-refractivity contribution >= 4 is 11.8 Å². The molecule has 0 aliphatic heterocycles. The fourth-order valence-corrected chi connectivity index (χ4v) is 1.15. The number of anilines is 1. The maximum Gasteiger partial charge on any atom is 0.354 e. The predicted octanol–water partition coefficient (Wildman–Crippen LogP) is 0.435. The summed E-state index contributed by atoms with van der Waals surface area (Å²) in [6, 6.07) is 4.97. The van der Waals surface area contributed by atoms with Gasteiger partial charge >= 0.3 is 5.97 Å². The molecule has 0 atom stereocenters. The van der Waals surface area contributed by atoms with E-state index in [0.717, 1.165) is 13.1 Å². The van der Waals surface area contributed by atoms with E-state index in [1.807, 2.05) is 19.0 Å². The van der Waals surface area contributed by atoms with Crippen molar-refractivity contribution in [3.05, 3.63) is 23.9 Å². The molecule has 15 heavy (non-hydrogen) atoms. The lowest BCUT2D eigenvalue weighted by Crippen LogP contribution is -2.28. The molecule has 0 saturated heterocycles. The summed E-state index contributed by atoms with van der Waals surface area (Å²) in [6.45, 7) is 1.61. The maximum atomic E-state index is 10.7. The van der Waals surface area contributed by atoms with Gasteiger partial charge in [0.2, 0.25) is 0 Å². The third-order valence-electron chi connectivity index (χ3n) is 2.04. The molecule has 1 aromatic rings. The summed E-state index contributed by atoms with van der Waals surface area (Å²) in [5.74, 6) is -0.330. The normalized spacial score (nSPS) is 10.0. The third kappa shape index (κ3) is 3.21. The van der Waals surface area contributed by atoms with Gasteiger partial charge in [0.05, 0.1) is 0 Å². The number of likely N-dealkylation sites (N-methyl/N-ethyl adjacent to an activating group) is 2. The molecule has 0 unspecified atom stereocenters. The molecule has 0 fully saturated rings. The Balaban J connectivity index is 2.76. The zero-order chi connectivity index (χ0) is 11.3. The average Bonchev–Trinajstić information content (AvgIpc) is 2.26. The van der Waals surface area contributed by atoms with E-state index in [1.54, 1.807) is 12.1 Å². The Morgan fingerprint density at radius 2 is 2.33 bits per heavy atom. The molecule has 0 saturated carbocycles. The van der Waals surface area contributed by atoms with Gasteiger partial charge in [0.25, 0.3) is 0 Å². The van der Waals surface area contributed by atoms with E-state index in [2.05, 4.69) is 10.3 Å². The van der Waals surface area contributed by atoms with Crippen LogP contribution in [-0.4, -0.2) is 43.2 Å². The molecule has 1 aromatic heterocycles. The number of pyridine rings is 1. The number of aromatic carboxylic acids is 1. The van der Waals surface area contributed by atoms with Crippen LogP contribution in [0.3, 0.4) is 0 Å². The van der Waals surface area contributed by atoms with Crippen molar-refractivity contribution in [3.63, 3.8) is 0 Å². The van der Waals surface area contributed by atoms with Crippen molar-refractivity contribution in [2.24, 2.45) is 0 Å². The number of carboxylic acids is 1. The van der Waals surface area contributed by atoms with Gasteiger partial charge in [-0.15, -0.1) is 0 Å². The first-order valence-corrected chi connectivity index (χ1v) is 4.71. The summed E-state index contributed by atoms with van der Waals surface area (Å²) in [6.07, 6.45) is 0. The quantitative estimate of drug-likeness (QED) is 0.736. The van der Waals surface area contributed by atoms with Crippen molar-refractivity contribution in [3.8, 4) is 0 Å². The Hall–Kier alpha value is -1.62. The smallest absolute Gasteiger partial charge is 0.354 e. The van der Waals surface area contributed by atoms with Crippen LogP contribution in [0.15, 0.2) is 18.2 Å². The zero-order valence-corrected chi connectivity index (χ0v) is 8.90. The number of aromatic nitrogens is 1. The van der Waals surface area contributed by atoms with Crippen LogP contribution in [0.25, 0.3) is 0 Å². The summed E-state index contributed by atoms with van der Waals surface area (Å²) in [5, 5.41) is 11.8. The van der Waals surface area contributed by atoms with Crippen LogP contribution in [-0.2, 0) is 0 Å². The SMILES string of the molecule is CNCCN(C)c1cccc(C(=O)O)n1. The number of hydrogen-bond donors (Lipinski definition) is 2. The van der Waals surface area contributed by atoms with E-state index < -0.39 is 5.97 Å². The molecule has 0 aliphatic rings. The molecule has 1 heterocycles. The van der Waals surface area contributed by atoms with Gasteiger partial charge in [-0.25, -0.2) is 9.78 Å². The predicted molar refractivity (Wildman–Crippen MR) is 58.4 cm³/mol. The number of nitrogens with zero attached hydrogens (tertiary/aromatic N) is 2. The number of hydrogen-bond acceptors (Lipinski definition) is 4. The van der Waals surface area contributed by atoms with Gasteiger partial charge in [-0.05, 0) is 19.2 Å². The molecule has 0 spiro atoms. The van der Waals surface area contributed by atoms with Crippen LogP contribution in [0.1, 0.15) is 10.5 Å². The van der Waals surface area contributed by atoms with Crippen LogP contribution in [0.5, 0.6) is 0 Å². The van der Waals surface area contributed by atoms with Crippen LogP contribution < -0.4 is 10.2 Å². The van der Waals surface area contributed by atoms with Gasteiger partial charge in [0.1, 0.15) is 5.82 Å². The summed E-state index contributed by atoms with van der Waals surface area (Å²) >= 11 is 0. The highest BCUT2D eigenvalue weighted by Crippen LogP contribution is 2.08. The standard InChI is InChI=1S/C10H15N3O2/c1-11-6-7-13(2)9-5-3-4-8(12-9)10(14)15/h3-5,11H,6-7H2,1-2H3,(H,14,15). The van der Waals surface area contributed by atoms with Gasteiger partial charge < -0.3 is 15.3 Å². The van der Waals surface area contributed by atoms with Crippen LogP contribution in [0, 0.1) is 0 Å². The fourth-order valence-electron chi connectivity index (χ4n) is 1.15. The summed E-state index contributed by atoms with van der Waals surface area (Å²) in [5.41, 5.74) is 0.0730. The van der Waals surface area contributed by atoms with E-state index in [4.69, 9.17) is 5.11 Å². The number of rotatable bonds is 5. The molecule has 2 N–H and O–H groups in total. The number of nitrogens with one attached hydrogen (secondary N) is 1. The minimum atomic E-state index is -1.00. The van der Waals surface area contributed by atoms with E-state index in [1.165, 1.54) is 6.07 Å². The second-order valence-corrected chi connectivity index (χ2v) is 3.21. The van der Waals surface area contributed by atoms with Crippen molar-refractivity contribution in [2.75, 3.05) is 32.1 Å². The lowest BCUT2D eigenvalue weighted by Gasteiger charge is -2.17. The molecule has 0 bridgehead atoms. The second kappa shape index (κ2) is 5.31. The highest BCUT2D eigenvalue weighted by atomic mass is 16.4. The molecule has 1 rings (SSSR count). The van der Waals surface area contributed by atoms with Crippen LogP contribution in [0.4, 0.5) is 5.82 Å². The molecule has 0 radical (unpaired) electrons. The number of carbonyl (C=O) groups is 1. The monoisotopic (exact) mass is 209 g/mol. The van der Waals surface area contributed by atoms with E-state index >= 15 is 0 Å². The molecule has 5 nitrogen and oxygen atoms in total. The summed E-state index contributed by atoms with van der Waals surface area (Å²) in [7, 11) is 3.75. The van der Waals surface area contributed by atoms with Crippen molar-refractivity contribution in [1.82, 2.24) is 10.3 Å². The van der Waals surface area contributed by atoms with E-state index in [0.29, 0.717) is 5.82 Å². The summed E-state index contributed by atoms with van der Waals surface area (Å²) < 4.78 is 0. The molecule has 5 heteroatoms. The van der Waals surface area contributed by atoms with Gasteiger partial charge in [0.15, 0.2) is 5.69 Å². The van der Waals surface area contributed by atoms with Crippen molar-refractivity contribution in [1.29, 1.82) is 0 Å². The molecule has 0 amide bonds. The Bertz CT molecular complexity index is 341. The molecular weight excluding hydrogens is 194 g/mol.